The maximum absolute atomic E-state index is 12.2. The van der Waals surface area contributed by atoms with Gasteiger partial charge in [0.1, 0.15) is 0 Å². The maximum Gasteiger partial charge on any atom is 1.00 e. The van der Waals surface area contributed by atoms with Crippen molar-refractivity contribution in [2.75, 3.05) is 12.3 Å². The van der Waals surface area contributed by atoms with Crippen molar-refractivity contribution in [3.63, 3.8) is 0 Å². The van der Waals surface area contributed by atoms with E-state index in [-0.39, 0.29) is 99.9 Å². The van der Waals surface area contributed by atoms with E-state index in [9.17, 15) is 28.5 Å². The van der Waals surface area contributed by atoms with Crippen LogP contribution in [0, 0.1) is 46.3 Å². The number of carbonyl (C=O) groups excluding carboxylic acids is 1. The van der Waals surface area contributed by atoms with Crippen molar-refractivity contribution < 1.29 is 63.6 Å². The van der Waals surface area contributed by atoms with Crippen LogP contribution < -0.4 is 34.9 Å². The Morgan fingerprint density at radius 3 is 2.42 bits per heavy atom. The van der Waals surface area contributed by atoms with Gasteiger partial charge in [-0.05, 0) is 97.7 Å². The fourth-order valence-electron chi connectivity index (χ4n) is 9.05. The van der Waals surface area contributed by atoms with Crippen LogP contribution in [-0.4, -0.2) is 57.3 Å². The van der Waals surface area contributed by atoms with Gasteiger partial charge in [0.25, 0.3) is 0 Å². The molecule has 4 fully saturated rings. The summed E-state index contributed by atoms with van der Waals surface area (Å²) in [5, 5.41) is 35.9. The van der Waals surface area contributed by atoms with Gasteiger partial charge in [0.2, 0.25) is 5.91 Å². The number of hydrogen-bond acceptors (Lipinski definition) is 8. The molecule has 10 heteroatoms. The molecular weight excluding hydrogens is 493 g/mol. The molecule has 0 aliphatic heterocycles. The molecule has 0 spiro atoms. The average molecular weight is 539 g/mol. The van der Waals surface area contributed by atoms with E-state index in [4.69, 9.17) is 0 Å². The van der Waals surface area contributed by atoms with Crippen molar-refractivity contribution in [1.29, 1.82) is 0 Å². The first-order chi connectivity index (χ1) is 16.0. The van der Waals surface area contributed by atoms with Crippen LogP contribution >= 0.6 is 0 Å². The smallest absolute Gasteiger partial charge is 0.870 e. The minimum absolute atomic E-state index is 0. The molecule has 1 amide bonds. The molecule has 4 aliphatic carbocycles. The molecule has 0 aromatic heterocycles. The zero-order valence-electron chi connectivity index (χ0n) is 22.4. The van der Waals surface area contributed by atoms with Crippen molar-refractivity contribution in [2.45, 2.75) is 96.9 Å². The summed E-state index contributed by atoms with van der Waals surface area (Å²) in [4.78, 5) is 12.2. The summed E-state index contributed by atoms with van der Waals surface area (Å²) in [7, 11) is -2.15. The molecule has 4 rings (SSSR count). The molecule has 0 bridgehead atoms. The molecule has 4 aliphatic rings. The first-order valence-electron chi connectivity index (χ1n) is 13.3. The minimum atomic E-state index is -2.15. The van der Waals surface area contributed by atoms with E-state index in [0.29, 0.717) is 31.1 Å². The molecule has 0 radical (unpaired) electrons. The van der Waals surface area contributed by atoms with Gasteiger partial charge in [-0.15, -0.1) is 0 Å². The van der Waals surface area contributed by atoms with E-state index < -0.39 is 16.8 Å². The monoisotopic (exact) mass is 538 g/mol. The van der Waals surface area contributed by atoms with Crippen molar-refractivity contribution in [3.8, 4) is 0 Å². The Kier molecular flexibility index (Phi) is 11.4. The van der Waals surface area contributed by atoms with Crippen molar-refractivity contribution in [2.24, 2.45) is 46.3 Å². The number of rotatable bonds is 7. The van der Waals surface area contributed by atoms with Crippen LogP contribution in [0.2, 0.25) is 0 Å². The molecule has 0 saturated heterocycles. The van der Waals surface area contributed by atoms with Crippen LogP contribution in [-0.2, 0) is 23.9 Å². The van der Waals surface area contributed by atoms with Crippen LogP contribution in [0.3, 0.4) is 0 Å². The van der Waals surface area contributed by atoms with Gasteiger partial charge in [0.15, 0.2) is 0 Å². The second kappa shape index (κ2) is 12.6. The van der Waals surface area contributed by atoms with Crippen LogP contribution in [0.25, 0.3) is 0 Å². The topological polar surface area (TPSA) is 154 Å². The predicted molar refractivity (Wildman–Crippen MR) is 131 cm³/mol. The molecule has 0 unspecified atom stereocenters. The van der Waals surface area contributed by atoms with Crippen LogP contribution in [0.1, 0.15) is 78.6 Å². The number of aliphatic hydroxyl groups is 3. The average Bonchev–Trinajstić information content (AvgIpc) is 3.12. The van der Waals surface area contributed by atoms with Gasteiger partial charge in [-0.3, -0.25) is 4.79 Å². The molecule has 4 saturated carbocycles. The van der Waals surface area contributed by atoms with Crippen molar-refractivity contribution >= 4 is 16.6 Å². The third-order valence-electron chi connectivity index (χ3n) is 10.9. The Hall–Kier alpha value is 0.260. The quantitative estimate of drug-likeness (QED) is 0.254. The maximum atomic E-state index is 12.2. The van der Waals surface area contributed by atoms with Crippen LogP contribution in [0.5, 0.6) is 0 Å². The molecular formula is C26H45NNaO7S-. The summed E-state index contributed by atoms with van der Waals surface area (Å²) in [6.45, 7) is 6.89. The van der Waals surface area contributed by atoms with Gasteiger partial charge >= 0.3 is 29.6 Å². The number of carbonyl (C=O) groups is 1. The number of fused-ring (bicyclic) bond motifs is 5. The van der Waals surface area contributed by atoms with Gasteiger partial charge in [0.05, 0.1) is 18.3 Å². The first kappa shape index (κ1) is 32.5. The number of amides is 1. The molecule has 0 heterocycles. The summed E-state index contributed by atoms with van der Waals surface area (Å²) >= 11 is 0. The van der Waals surface area contributed by atoms with E-state index in [1.54, 1.807) is 0 Å². The largest absolute Gasteiger partial charge is 1.00 e. The molecule has 0 aromatic carbocycles. The van der Waals surface area contributed by atoms with E-state index in [1.165, 1.54) is 0 Å². The number of nitrogens with one attached hydrogen (secondary N) is 1. The first-order valence-corrected chi connectivity index (χ1v) is 14.6. The second-order valence-corrected chi connectivity index (χ2v) is 13.4. The minimum Gasteiger partial charge on any atom is -0.870 e. The third-order valence-corrected chi connectivity index (χ3v) is 11.5. The van der Waals surface area contributed by atoms with Gasteiger partial charge in [-0.25, -0.2) is 0 Å². The SMILES string of the molecule is C[C@H](CCC(=O)NCC[S-](=O)=O)[C@H]1CC[C@H]2[C@@H]3[C@H](O)C[C@@H]4C[C@H](O)CC[C@]4(C)[C@H]3C[C@H](O)[C@]12C.[Na+].[OH-]. The molecule has 11 atom stereocenters. The number of hydrogen-bond donors (Lipinski definition) is 4. The normalized spacial score (nSPS) is 44.3. The summed E-state index contributed by atoms with van der Waals surface area (Å²) in [6, 6.07) is 0. The van der Waals surface area contributed by atoms with Gasteiger partial charge in [-0.2, -0.15) is 0 Å². The zero-order chi connectivity index (χ0) is 24.8. The fraction of sp³-hybridized carbons (Fsp3) is 0.962. The van der Waals surface area contributed by atoms with E-state index in [0.717, 1.165) is 38.5 Å². The summed E-state index contributed by atoms with van der Waals surface area (Å²) in [6.07, 6.45) is 6.03. The molecule has 36 heavy (non-hydrogen) atoms. The Labute approximate surface area is 239 Å². The Bertz CT molecular complexity index is 835. The van der Waals surface area contributed by atoms with E-state index in [1.807, 2.05) is 0 Å². The van der Waals surface area contributed by atoms with Crippen molar-refractivity contribution in [1.82, 2.24) is 5.32 Å². The Morgan fingerprint density at radius 2 is 1.75 bits per heavy atom. The van der Waals surface area contributed by atoms with Crippen molar-refractivity contribution in [3.05, 3.63) is 0 Å². The summed E-state index contributed by atoms with van der Waals surface area (Å²) < 4.78 is 21.3. The predicted octanol–water partition coefficient (Wildman–Crippen LogP) is -0.383. The van der Waals surface area contributed by atoms with Gasteiger partial charge < -0.3 is 34.5 Å². The molecule has 8 nitrogen and oxygen atoms in total. The molecule has 0 aromatic rings. The third kappa shape index (κ3) is 5.88. The zero-order valence-corrected chi connectivity index (χ0v) is 25.2. The molecule has 5 N–H and O–H groups in total. The Morgan fingerprint density at radius 1 is 1.06 bits per heavy atom. The fourth-order valence-corrected chi connectivity index (χ4v) is 9.32. The van der Waals surface area contributed by atoms with Crippen LogP contribution in [0.15, 0.2) is 0 Å². The Balaban J connectivity index is 0.00000228. The standard InChI is InChI=1S/C26H44NO6S.Na.H2O/c1-15(4-7-23(31)27-10-11-34(32)33)18-5-6-19-24-20(14-22(30)26(18,19)3)25(2)9-8-17(28)12-16(25)13-21(24)29;;/h15-22,24,28-30H,4-14H2,1-3H3,(H,27,31);;1H2/q-1;+1;/p-1/t15-,16+,17-,18-,19+,20+,21-,22+,24+,25+,26-;;/m1../s1. The molecule has 204 valence electrons. The second-order valence-electron chi connectivity index (χ2n) is 12.4. The number of aliphatic hydroxyl groups excluding tert-OH is 3. The van der Waals surface area contributed by atoms with E-state index in [2.05, 4.69) is 26.1 Å². The van der Waals surface area contributed by atoms with Gasteiger partial charge in [-0.1, -0.05) is 37.2 Å². The van der Waals surface area contributed by atoms with E-state index >= 15 is 0 Å². The summed E-state index contributed by atoms with van der Waals surface area (Å²) in [5.41, 5.74) is -0.199. The van der Waals surface area contributed by atoms with Gasteiger partial charge in [0, 0.05) is 13.0 Å². The van der Waals surface area contributed by atoms with Crippen LogP contribution in [0.4, 0.5) is 0 Å². The summed E-state index contributed by atoms with van der Waals surface area (Å²) in [5.74, 6) is 1.43.